The maximum absolute atomic E-state index is 12.0. The smallest absolute Gasteiger partial charge is 0.325 e. The molecule has 1 saturated heterocycles. The Kier molecular flexibility index (Phi) is 6.27. The van der Waals surface area contributed by atoms with Gasteiger partial charge in [-0.1, -0.05) is 13.3 Å². The van der Waals surface area contributed by atoms with Gasteiger partial charge in [0.15, 0.2) is 0 Å². The summed E-state index contributed by atoms with van der Waals surface area (Å²) in [5.41, 5.74) is -0.583. The molecule has 1 fully saturated rings. The molecule has 1 aliphatic heterocycles. The second-order valence-corrected chi connectivity index (χ2v) is 5.99. The van der Waals surface area contributed by atoms with Gasteiger partial charge >= 0.3 is 5.97 Å². The monoisotopic (exact) mass is 270 g/mol. The number of nitrogens with one attached hydrogen (secondary N) is 1. The summed E-state index contributed by atoms with van der Waals surface area (Å²) in [6.07, 6.45) is 4.65. The maximum atomic E-state index is 12.0. The molecule has 0 aromatic carbocycles. The van der Waals surface area contributed by atoms with Crippen molar-refractivity contribution in [2.75, 3.05) is 20.2 Å². The van der Waals surface area contributed by atoms with Crippen molar-refractivity contribution in [3.8, 4) is 0 Å². The van der Waals surface area contributed by atoms with Crippen molar-refractivity contribution in [3.63, 3.8) is 0 Å². The van der Waals surface area contributed by atoms with Crippen molar-refractivity contribution in [1.29, 1.82) is 0 Å². The van der Waals surface area contributed by atoms with Crippen molar-refractivity contribution >= 4 is 5.97 Å². The zero-order valence-corrected chi connectivity index (χ0v) is 13.2. The lowest BCUT2D eigenvalue weighted by molar-refractivity contribution is -0.149. The molecule has 1 aliphatic rings. The van der Waals surface area contributed by atoms with Crippen LogP contribution in [0.1, 0.15) is 53.4 Å². The third-order valence-corrected chi connectivity index (χ3v) is 4.33. The first kappa shape index (κ1) is 16.4. The van der Waals surface area contributed by atoms with Crippen LogP contribution < -0.4 is 5.32 Å². The van der Waals surface area contributed by atoms with Gasteiger partial charge in [0, 0.05) is 12.1 Å². The van der Waals surface area contributed by atoms with Crippen LogP contribution in [0, 0.1) is 0 Å². The molecule has 4 heteroatoms. The molecule has 0 aromatic heterocycles. The molecule has 112 valence electrons. The van der Waals surface area contributed by atoms with E-state index in [1.54, 1.807) is 0 Å². The minimum absolute atomic E-state index is 0.161. The molecule has 0 saturated carbocycles. The maximum Gasteiger partial charge on any atom is 0.325 e. The predicted octanol–water partition coefficient (Wildman–Crippen LogP) is 2.18. The molecule has 1 heterocycles. The van der Waals surface area contributed by atoms with Gasteiger partial charge in [-0.25, -0.2) is 0 Å². The second kappa shape index (κ2) is 7.25. The van der Waals surface area contributed by atoms with E-state index in [0.717, 1.165) is 19.5 Å². The molecule has 0 spiro atoms. The molecule has 4 nitrogen and oxygen atoms in total. The summed E-state index contributed by atoms with van der Waals surface area (Å²) in [6.45, 7) is 10.4. The second-order valence-electron chi connectivity index (χ2n) is 5.99. The number of hydrogen-bond acceptors (Lipinski definition) is 4. The summed E-state index contributed by atoms with van der Waals surface area (Å²) >= 11 is 0. The number of carbonyl (C=O) groups excluding carboxylic acids is 1. The van der Waals surface area contributed by atoms with Crippen LogP contribution in [0.2, 0.25) is 0 Å². The van der Waals surface area contributed by atoms with Crippen LogP contribution in [0.4, 0.5) is 0 Å². The number of likely N-dealkylation sites (N-methyl/N-ethyl adjacent to an activating group) is 1. The highest BCUT2D eigenvalue weighted by atomic mass is 16.5. The lowest BCUT2D eigenvalue weighted by Gasteiger charge is -2.41. The van der Waals surface area contributed by atoms with Crippen LogP contribution in [-0.4, -0.2) is 48.7 Å². The molecule has 3 unspecified atom stereocenters. The fourth-order valence-corrected chi connectivity index (χ4v) is 3.33. The Morgan fingerprint density at radius 3 is 2.74 bits per heavy atom. The Bertz CT molecular complexity index is 296. The molecule has 0 amide bonds. The first-order valence-corrected chi connectivity index (χ1v) is 7.53. The van der Waals surface area contributed by atoms with E-state index in [1.807, 2.05) is 13.8 Å². The van der Waals surface area contributed by atoms with Crippen molar-refractivity contribution in [3.05, 3.63) is 0 Å². The van der Waals surface area contributed by atoms with E-state index in [-0.39, 0.29) is 5.97 Å². The van der Waals surface area contributed by atoms with Crippen LogP contribution >= 0.6 is 0 Å². The number of carbonyl (C=O) groups is 1. The van der Waals surface area contributed by atoms with Crippen molar-refractivity contribution in [2.45, 2.75) is 71.0 Å². The topological polar surface area (TPSA) is 41.6 Å². The van der Waals surface area contributed by atoms with Gasteiger partial charge in [-0.15, -0.1) is 0 Å². The average Bonchev–Trinajstić information content (AvgIpc) is 2.38. The molecule has 0 bridgehead atoms. The fraction of sp³-hybridized carbons (Fsp3) is 0.933. The van der Waals surface area contributed by atoms with Gasteiger partial charge in [0.2, 0.25) is 0 Å². The third kappa shape index (κ3) is 4.18. The number of nitrogens with zero attached hydrogens (tertiary/aromatic N) is 1. The number of rotatable bonds is 6. The Labute approximate surface area is 117 Å². The predicted molar refractivity (Wildman–Crippen MR) is 78.2 cm³/mol. The molecular weight excluding hydrogens is 240 g/mol. The summed E-state index contributed by atoms with van der Waals surface area (Å²) < 4.78 is 4.96. The number of hydrogen-bond donors (Lipinski definition) is 1. The number of esters is 1. The molecular formula is C15H30N2O2. The van der Waals surface area contributed by atoms with Crippen LogP contribution in [0.3, 0.4) is 0 Å². The van der Waals surface area contributed by atoms with E-state index in [0.29, 0.717) is 12.1 Å². The minimum atomic E-state index is -0.583. The molecule has 3 atom stereocenters. The molecule has 19 heavy (non-hydrogen) atoms. The van der Waals surface area contributed by atoms with Crippen molar-refractivity contribution < 1.29 is 9.53 Å². The fourth-order valence-electron chi connectivity index (χ4n) is 3.33. The molecule has 0 aliphatic carbocycles. The van der Waals surface area contributed by atoms with Crippen LogP contribution in [-0.2, 0) is 9.53 Å². The Morgan fingerprint density at radius 2 is 2.21 bits per heavy atom. The van der Waals surface area contributed by atoms with E-state index in [1.165, 1.54) is 26.4 Å². The Balaban J connectivity index is 2.69. The third-order valence-electron chi connectivity index (χ3n) is 4.33. The quantitative estimate of drug-likeness (QED) is 0.751. The van der Waals surface area contributed by atoms with Crippen molar-refractivity contribution in [1.82, 2.24) is 10.2 Å². The highest BCUT2D eigenvalue weighted by Gasteiger charge is 2.37. The normalized spacial score (nSPS) is 25.6. The molecule has 1 N–H and O–H groups in total. The zero-order valence-electron chi connectivity index (χ0n) is 13.2. The van der Waals surface area contributed by atoms with Crippen LogP contribution in [0.25, 0.3) is 0 Å². The first-order valence-electron chi connectivity index (χ1n) is 7.53. The van der Waals surface area contributed by atoms with Gasteiger partial charge in [-0.05, 0) is 53.1 Å². The summed E-state index contributed by atoms with van der Waals surface area (Å²) in [4.78, 5) is 14.6. The van der Waals surface area contributed by atoms with E-state index in [9.17, 15) is 4.79 Å². The summed E-state index contributed by atoms with van der Waals surface area (Å²) in [7, 11) is 1.46. The number of likely N-dealkylation sites (tertiary alicyclic amines) is 1. The van der Waals surface area contributed by atoms with Gasteiger partial charge in [0.25, 0.3) is 0 Å². The number of methoxy groups -OCH3 is 1. The zero-order chi connectivity index (χ0) is 14.5. The van der Waals surface area contributed by atoms with Gasteiger partial charge in [-0.2, -0.15) is 0 Å². The average molecular weight is 270 g/mol. The van der Waals surface area contributed by atoms with E-state index in [2.05, 4.69) is 24.1 Å². The van der Waals surface area contributed by atoms with Crippen LogP contribution in [0.15, 0.2) is 0 Å². The lowest BCUT2D eigenvalue weighted by atomic mass is 9.90. The summed E-state index contributed by atoms with van der Waals surface area (Å²) in [6, 6.07) is 1.01. The van der Waals surface area contributed by atoms with Gasteiger partial charge < -0.3 is 10.1 Å². The molecule has 0 radical (unpaired) electrons. The lowest BCUT2D eigenvalue weighted by Crippen LogP contribution is -2.55. The van der Waals surface area contributed by atoms with E-state index in [4.69, 9.17) is 4.74 Å². The summed E-state index contributed by atoms with van der Waals surface area (Å²) in [5.74, 6) is -0.161. The SMILES string of the molecule is CCNC(C)(CC(C)N1CCCCC1C)C(=O)OC. The highest BCUT2D eigenvalue weighted by Crippen LogP contribution is 2.24. The highest BCUT2D eigenvalue weighted by molar-refractivity contribution is 5.80. The molecule has 1 rings (SSSR count). The Hall–Kier alpha value is -0.610. The van der Waals surface area contributed by atoms with Gasteiger partial charge in [0.05, 0.1) is 7.11 Å². The first-order chi connectivity index (χ1) is 8.94. The standard InChI is InChI=1S/C15H30N2O2/c1-6-16-15(4,14(18)19-5)11-13(3)17-10-8-7-9-12(17)2/h12-13,16H,6-11H2,1-5H3. The number of piperidine rings is 1. The van der Waals surface area contributed by atoms with Crippen molar-refractivity contribution in [2.24, 2.45) is 0 Å². The van der Waals surface area contributed by atoms with Crippen LogP contribution in [0.5, 0.6) is 0 Å². The van der Waals surface area contributed by atoms with Gasteiger partial charge in [0.1, 0.15) is 5.54 Å². The Morgan fingerprint density at radius 1 is 1.53 bits per heavy atom. The van der Waals surface area contributed by atoms with E-state index < -0.39 is 5.54 Å². The number of ether oxygens (including phenoxy) is 1. The molecule has 0 aromatic rings. The van der Waals surface area contributed by atoms with Gasteiger partial charge in [-0.3, -0.25) is 9.69 Å². The largest absolute Gasteiger partial charge is 0.468 e. The minimum Gasteiger partial charge on any atom is -0.468 e. The van der Waals surface area contributed by atoms with E-state index >= 15 is 0 Å². The summed E-state index contributed by atoms with van der Waals surface area (Å²) in [5, 5.41) is 3.29.